The van der Waals surface area contributed by atoms with Gasteiger partial charge in [0.15, 0.2) is 0 Å². The third-order valence-corrected chi connectivity index (χ3v) is 2.68. The summed E-state index contributed by atoms with van der Waals surface area (Å²) in [6.45, 7) is 6.66. The molecule has 0 saturated heterocycles. The Bertz CT molecular complexity index is 124. The summed E-state index contributed by atoms with van der Waals surface area (Å²) in [6, 6.07) is 0. The molecule has 0 saturated carbocycles. The van der Waals surface area contributed by atoms with Gasteiger partial charge in [0.1, 0.15) is 0 Å². The van der Waals surface area contributed by atoms with E-state index in [2.05, 4.69) is 39.3 Å². The Morgan fingerprint density at radius 2 is 1.79 bits per heavy atom. The second-order valence-electron chi connectivity index (χ2n) is 4.08. The van der Waals surface area contributed by atoms with Crippen LogP contribution < -0.4 is 0 Å². The lowest BCUT2D eigenvalue weighted by molar-refractivity contribution is 0.469. The SMILES string of the molecule is CC=CC[CH]C(CCC)CCCCC. The maximum atomic E-state index is 2.50. The van der Waals surface area contributed by atoms with E-state index in [1.54, 1.807) is 0 Å². The van der Waals surface area contributed by atoms with Crippen LogP contribution in [0.15, 0.2) is 12.2 Å². The van der Waals surface area contributed by atoms with Crippen molar-refractivity contribution in [3.63, 3.8) is 0 Å². The van der Waals surface area contributed by atoms with Crippen molar-refractivity contribution in [3.8, 4) is 0 Å². The third kappa shape index (κ3) is 8.34. The molecule has 0 spiro atoms. The van der Waals surface area contributed by atoms with Gasteiger partial charge in [-0.2, -0.15) is 0 Å². The van der Waals surface area contributed by atoms with Crippen molar-refractivity contribution in [2.45, 2.75) is 65.7 Å². The first-order valence-electron chi connectivity index (χ1n) is 6.29. The van der Waals surface area contributed by atoms with E-state index in [4.69, 9.17) is 0 Å². The summed E-state index contributed by atoms with van der Waals surface area (Å²) in [6.07, 6.45) is 16.3. The molecule has 0 fully saturated rings. The highest BCUT2D eigenvalue weighted by molar-refractivity contribution is 4.87. The predicted molar refractivity (Wildman–Crippen MR) is 66.3 cm³/mol. The van der Waals surface area contributed by atoms with E-state index >= 15 is 0 Å². The summed E-state index contributed by atoms with van der Waals surface area (Å²) in [7, 11) is 0. The molecule has 0 heterocycles. The van der Waals surface area contributed by atoms with Gasteiger partial charge in [0.05, 0.1) is 0 Å². The van der Waals surface area contributed by atoms with Gasteiger partial charge in [0.25, 0.3) is 0 Å². The minimum absolute atomic E-state index is 0.864. The number of rotatable bonds is 9. The summed E-state index contributed by atoms with van der Waals surface area (Å²) < 4.78 is 0. The molecule has 1 atom stereocenters. The monoisotopic (exact) mass is 195 g/mol. The van der Waals surface area contributed by atoms with Crippen molar-refractivity contribution in [1.82, 2.24) is 0 Å². The van der Waals surface area contributed by atoms with E-state index in [1.807, 2.05) is 0 Å². The summed E-state index contributed by atoms with van der Waals surface area (Å²) in [5, 5.41) is 0. The molecule has 0 bridgehead atoms. The highest BCUT2D eigenvalue weighted by atomic mass is 14.1. The molecular formula is C14H27. The van der Waals surface area contributed by atoms with Crippen LogP contribution in [0, 0.1) is 12.3 Å². The van der Waals surface area contributed by atoms with Crippen LogP contribution in [0.4, 0.5) is 0 Å². The first-order chi connectivity index (χ1) is 6.85. The Balaban J connectivity index is 3.54. The van der Waals surface area contributed by atoms with Crippen LogP contribution in [0.3, 0.4) is 0 Å². The van der Waals surface area contributed by atoms with Gasteiger partial charge in [-0.15, -0.1) is 0 Å². The zero-order valence-electron chi connectivity index (χ0n) is 10.3. The Morgan fingerprint density at radius 1 is 1.00 bits per heavy atom. The molecule has 0 amide bonds. The van der Waals surface area contributed by atoms with Gasteiger partial charge in [-0.05, 0) is 25.7 Å². The molecule has 0 N–H and O–H groups in total. The molecule has 1 unspecified atom stereocenters. The van der Waals surface area contributed by atoms with Crippen LogP contribution in [0.1, 0.15) is 65.7 Å². The maximum Gasteiger partial charge on any atom is -0.0317 e. The minimum atomic E-state index is 0.864. The molecule has 83 valence electrons. The van der Waals surface area contributed by atoms with Crippen molar-refractivity contribution in [2.75, 3.05) is 0 Å². The van der Waals surface area contributed by atoms with Crippen molar-refractivity contribution in [3.05, 3.63) is 18.6 Å². The van der Waals surface area contributed by atoms with Crippen LogP contribution in [0.25, 0.3) is 0 Å². The van der Waals surface area contributed by atoms with Crippen molar-refractivity contribution in [2.24, 2.45) is 5.92 Å². The van der Waals surface area contributed by atoms with Gasteiger partial charge in [0.2, 0.25) is 0 Å². The maximum absolute atomic E-state index is 2.50. The highest BCUT2D eigenvalue weighted by Crippen LogP contribution is 2.20. The lowest BCUT2D eigenvalue weighted by Gasteiger charge is -2.14. The van der Waals surface area contributed by atoms with E-state index in [1.165, 1.54) is 38.5 Å². The topological polar surface area (TPSA) is 0 Å². The van der Waals surface area contributed by atoms with Crippen LogP contribution >= 0.6 is 0 Å². The summed E-state index contributed by atoms with van der Waals surface area (Å²) >= 11 is 0. The first kappa shape index (κ1) is 13.7. The van der Waals surface area contributed by atoms with Gasteiger partial charge in [-0.3, -0.25) is 0 Å². The molecule has 14 heavy (non-hydrogen) atoms. The molecule has 0 aromatic carbocycles. The first-order valence-corrected chi connectivity index (χ1v) is 6.29. The van der Waals surface area contributed by atoms with Gasteiger partial charge in [0, 0.05) is 0 Å². The minimum Gasteiger partial charge on any atom is -0.0917 e. The van der Waals surface area contributed by atoms with E-state index in [-0.39, 0.29) is 0 Å². The molecule has 0 nitrogen and oxygen atoms in total. The number of hydrogen-bond donors (Lipinski definition) is 0. The normalized spacial score (nSPS) is 13.6. The van der Waals surface area contributed by atoms with Crippen molar-refractivity contribution >= 4 is 0 Å². The molecule has 0 aromatic heterocycles. The molecule has 0 aromatic rings. The summed E-state index contributed by atoms with van der Waals surface area (Å²) in [5.41, 5.74) is 0. The highest BCUT2D eigenvalue weighted by Gasteiger charge is 2.06. The molecule has 0 heteroatoms. The second kappa shape index (κ2) is 10.8. The van der Waals surface area contributed by atoms with Crippen LogP contribution in [0.5, 0.6) is 0 Å². The Kier molecular flexibility index (Phi) is 10.6. The van der Waals surface area contributed by atoms with Gasteiger partial charge in [-0.1, -0.05) is 64.5 Å². The Hall–Kier alpha value is -0.260. The Labute approximate surface area is 90.8 Å². The zero-order chi connectivity index (χ0) is 10.6. The fourth-order valence-corrected chi connectivity index (χ4v) is 1.81. The Morgan fingerprint density at radius 3 is 2.36 bits per heavy atom. The fraction of sp³-hybridized carbons (Fsp3) is 0.786. The standard InChI is InChI=1S/C14H27/c1-4-7-9-12-14(11-6-3)13-10-8-5-2/h4,7,12,14H,5-6,8-11,13H2,1-3H3. The van der Waals surface area contributed by atoms with Crippen LogP contribution in [-0.2, 0) is 0 Å². The van der Waals surface area contributed by atoms with E-state index in [9.17, 15) is 0 Å². The smallest absolute Gasteiger partial charge is 0.0317 e. The lowest BCUT2D eigenvalue weighted by Crippen LogP contribution is -2.00. The van der Waals surface area contributed by atoms with E-state index in [0.717, 1.165) is 12.3 Å². The van der Waals surface area contributed by atoms with Crippen LogP contribution in [-0.4, -0.2) is 0 Å². The second-order valence-corrected chi connectivity index (χ2v) is 4.08. The number of hydrogen-bond acceptors (Lipinski definition) is 0. The molecule has 0 rings (SSSR count). The average molecular weight is 195 g/mol. The molecule has 0 aliphatic heterocycles. The molecule has 1 radical (unpaired) electrons. The van der Waals surface area contributed by atoms with Crippen LogP contribution in [0.2, 0.25) is 0 Å². The quantitative estimate of drug-likeness (QED) is 0.352. The summed E-state index contributed by atoms with van der Waals surface area (Å²) in [5.74, 6) is 0.864. The molecule has 0 aliphatic rings. The van der Waals surface area contributed by atoms with E-state index in [0.29, 0.717) is 0 Å². The lowest BCUT2D eigenvalue weighted by atomic mass is 9.92. The van der Waals surface area contributed by atoms with Crippen molar-refractivity contribution in [1.29, 1.82) is 0 Å². The third-order valence-electron chi connectivity index (χ3n) is 2.68. The van der Waals surface area contributed by atoms with Crippen molar-refractivity contribution < 1.29 is 0 Å². The van der Waals surface area contributed by atoms with Gasteiger partial charge in [-0.25, -0.2) is 0 Å². The van der Waals surface area contributed by atoms with Gasteiger partial charge >= 0.3 is 0 Å². The largest absolute Gasteiger partial charge is 0.0917 e. The van der Waals surface area contributed by atoms with E-state index < -0.39 is 0 Å². The van der Waals surface area contributed by atoms with Gasteiger partial charge < -0.3 is 0 Å². The molecular weight excluding hydrogens is 168 g/mol. The number of unbranched alkanes of at least 4 members (excludes halogenated alkanes) is 2. The predicted octanol–water partition coefficient (Wildman–Crippen LogP) is 5.15. The molecule has 0 aliphatic carbocycles. The fourth-order valence-electron chi connectivity index (χ4n) is 1.81. The average Bonchev–Trinajstić information content (AvgIpc) is 2.18. The zero-order valence-corrected chi connectivity index (χ0v) is 10.3. The number of allylic oxidation sites excluding steroid dienone is 2. The summed E-state index contributed by atoms with van der Waals surface area (Å²) in [4.78, 5) is 0.